The van der Waals surface area contributed by atoms with Crippen LogP contribution in [0.4, 0.5) is 11.6 Å². The van der Waals surface area contributed by atoms with Gasteiger partial charge in [-0.05, 0) is 25.2 Å². The standard InChI is InChI=1S/C14H24N4/c1-5-12-16-13(15)11(4)14(17-12)18-7-6-9(2)10(3)8-18/h9-10H,5-8H2,1-4H3,(H2,15,16,17). The minimum absolute atomic E-state index is 0.628. The molecule has 2 N–H and O–H groups in total. The number of nitrogen functional groups attached to an aromatic ring is 1. The van der Waals surface area contributed by atoms with Crippen molar-refractivity contribution in [3.63, 3.8) is 0 Å². The van der Waals surface area contributed by atoms with Gasteiger partial charge in [-0.15, -0.1) is 0 Å². The van der Waals surface area contributed by atoms with Gasteiger partial charge in [0.2, 0.25) is 0 Å². The Labute approximate surface area is 110 Å². The van der Waals surface area contributed by atoms with Crippen LogP contribution >= 0.6 is 0 Å². The molecule has 1 fully saturated rings. The second-order valence-electron chi connectivity index (χ2n) is 5.52. The minimum atomic E-state index is 0.628. The smallest absolute Gasteiger partial charge is 0.137 e. The summed E-state index contributed by atoms with van der Waals surface area (Å²) in [5.74, 6) is 4.02. The topological polar surface area (TPSA) is 55.0 Å². The van der Waals surface area contributed by atoms with Gasteiger partial charge in [-0.1, -0.05) is 20.8 Å². The molecule has 1 aliphatic heterocycles. The van der Waals surface area contributed by atoms with Crippen LogP contribution in [0.3, 0.4) is 0 Å². The van der Waals surface area contributed by atoms with Gasteiger partial charge in [0.15, 0.2) is 0 Å². The molecule has 100 valence electrons. The molecule has 1 aromatic rings. The van der Waals surface area contributed by atoms with Crippen LogP contribution in [-0.2, 0) is 6.42 Å². The maximum atomic E-state index is 5.99. The molecule has 2 unspecified atom stereocenters. The van der Waals surface area contributed by atoms with Crippen molar-refractivity contribution in [1.82, 2.24) is 9.97 Å². The molecule has 0 saturated carbocycles. The second kappa shape index (κ2) is 5.12. The molecular weight excluding hydrogens is 224 g/mol. The van der Waals surface area contributed by atoms with Gasteiger partial charge in [0.1, 0.15) is 17.5 Å². The van der Waals surface area contributed by atoms with E-state index in [2.05, 4.69) is 35.6 Å². The van der Waals surface area contributed by atoms with E-state index in [1.165, 1.54) is 6.42 Å². The van der Waals surface area contributed by atoms with Crippen molar-refractivity contribution in [2.45, 2.75) is 40.5 Å². The molecule has 0 aromatic carbocycles. The molecule has 2 rings (SSSR count). The first kappa shape index (κ1) is 13.1. The number of rotatable bonds is 2. The number of piperidine rings is 1. The van der Waals surface area contributed by atoms with Crippen molar-refractivity contribution in [3.05, 3.63) is 11.4 Å². The van der Waals surface area contributed by atoms with E-state index in [4.69, 9.17) is 5.73 Å². The van der Waals surface area contributed by atoms with E-state index >= 15 is 0 Å². The summed E-state index contributed by atoms with van der Waals surface area (Å²) in [6.45, 7) is 10.9. The van der Waals surface area contributed by atoms with Crippen molar-refractivity contribution in [2.24, 2.45) is 11.8 Å². The third-order valence-corrected chi connectivity index (χ3v) is 4.15. The molecule has 1 aromatic heterocycles. The molecule has 0 radical (unpaired) electrons. The van der Waals surface area contributed by atoms with E-state index in [-0.39, 0.29) is 0 Å². The summed E-state index contributed by atoms with van der Waals surface area (Å²) in [5, 5.41) is 0. The van der Waals surface area contributed by atoms with E-state index in [1.54, 1.807) is 0 Å². The highest BCUT2D eigenvalue weighted by Crippen LogP contribution is 2.29. The molecule has 0 spiro atoms. The van der Waals surface area contributed by atoms with E-state index in [1.807, 2.05) is 6.92 Å². The van der Waals surface area contributed by atoms with Gasteiger partial charge in [0.25, 0.3) is 0 Å². The maximum Gasteiger partial charge on any atom is 0.137 e. The molecular formula is C14H24N4. The SMILES string of the molecule is CCc1nc(N)c(C)c(N2CCC(C)C(C)C2)n1. The fourth-order valence-electron chi connectivity index (χ4n) is 2.49. The zero-order valence-electron chi connectivity index (χ0n) is 11.9. The minimum Gasteiger partial charge on any atom is -0.383 e. The van der Waals surface area contributed by atoms with Crippen LogP contribution in [-0.4, -0.2) is 23.1 Å². The fourth-order valence-corrected chi connectivity index (χ4v) is 2.49. The van der Waals surface area contributed by atoms with Crippen LogP contribution in [0.15, 0.2) is 0 Å². The highest BCUT2D eigenvalue weighted by atomic mass is 15.2. The van der Waals surface area contributed by atoms with Gasteiger partial charge < -0.3 is 10.6 Å². The quantitative estimate of drug-likeness (QED) is 0.873. The third-order valence-electron chi connectivity index (χ3n) is 4.15. The summed E-state index contributed by atoms with van der Waals surface area (Å²) in [5.41, 5.74) is 7.01. The van der Waals surface area contributed by atoms with Crippen molar-refractivity contribution in [1.29, 1.82) is 0 Å². The van der Waals surface area contributed by atoms with Gasteiger partial charge >= 0.3 is 0 Å². The van der Waals surface area contributed by atoms with E-state index < -0.39 is 0 Å². The Morgan fingerprint density at radius 1 is 1.28 bits per heavy atom. The number of nitrogens with zero attached hydrogens (tertiary/aromatic N) is 3. The Bertz CT molecular complexity index is 430. The molecule has 0 aliphatic carbocycles. The lowest BCUT2D eigenvalue weighted by atomic mass is 9.88. The summed E-state index contributed by atoms with van der Waals surface area (Å²) in [6.07, 6.45) is 2.06. The number of aromatic nitrogens is 2. The van der Waals surface area contributed by atoms with Crippen LogP contribution < -0.4 is 10.6 Å². The predicted octanol–water partition coefficient (Wildman–Crippen LogP) is 2.41. The van der Waals surface area contributed by atoms with Crippen molar-refractivity contribution in [2.75, 3.05) is 23.7 Å². The lowest BCUT2D eigenvalue weighted by Crippen LogP contribution is -2.39. The van der Waals surface area contributed by atoms with Gasteiger partial charge in [-0.25, -0.2) is 9.97 Å². The molecule has 2 heterocycles. The number of aryl methyl sites for hydroxylation is 1. The monoisotopic (exact) mass is 248 g/mol. The largest absolute Gasteiger partial charge is 0.383 e. The molecule has 0 bridgehead atoms. The number of hydrogen-bond donors (Lipinski definition) is 1. The van der Waals surface area contributed by atoms with Crippen LogP contribution in [0, 0.1) is 18.8 Å². The lowest BCUT2D eigenvalue weighted by Gasteiger charge is -2.36. The summed E-state index contributed by atoms with van der Waals surface area (Å²) < 4.78 is 0. The van der Waals surface area contributed by atoms with Crippen molar-refractivity contribution in [3.8, 4) is 0 Å². The highest BCUT2D eigenvalue weighted by Gasteiger charge is 2.25. The van der Waals surface area contributed by atoms with Gasteiger partial charge in [0, 0.05) is 25.1 Å². The van der Waals surface area contributed by atoms with E-state index in [0.29, 0.717) is 11.7 Å². The second-order valence-corrected chi connectivity index (χ2v) is 5.52. The molecule has 18 heavy (non-hydrogen) atoms. The van der Waals surface area contributed by atoms with Gasteiger partial charge in [0.05, 0.1) is 0 Å². The summed E-state index contributed by atoms with van der Waals surface area (Å²) in [4.78, 5) is 11.4. The number of anilines is 2. The van der Waals surface area contributed by atoms with Crippen LogP contribution in [0.1, 0.15) is 38.6 Å². The Kier molecular flexibility index (Phi) is 3.73. The molecule has 1 aliphatic rings. The maximum absolute atomic E-state index is 5.99. The van der Waals surface area contributed by atoms with Crippen LogP contribution in [0.25, 0.3) is 0 Å². The Morgan fingerprint density at radius 2 is 2.00 bits per heavy atom. The summed E-state index contributed by atoms with van der Waals surface area (Å²) in [6, 6.07) is 0. The molecule has 0 amide bonds. The lowest BCUT2D eigenvalue weighted by molar-refractivity contribution is 0.322. The van der Waals surface area contributed by atoms with Crippen LogP contribution in [0.5, 0.6) is 0 Å². The fraction of sp³-hybridized carbons (Fsp3) is 0.714. The molecule has 4 nitrogen and oxygen atoms in total. The van der Waals surface area contributed by atoms with Crippen molar-refractivity contribution < 1.29 is 0 Å². The average molecular weight is 248 g/mol. The summed E-state index contributed by atoms with van der Waals surface area (Å²) in [7, 11) is 0. The summed E-state index contributed by atoms with van der Waals surface area (Å²) >= 11 is 0. The van der Waals surface area contributed by atoms with Gasteiger partial charge in [-0.3, -0.25) is 0 Å². The van der Waals surface area contributed by atoms with Crippen LogP contribution in [0.2, 0.25) is 0 Å². The van der Waals surface area contributed by atoms with Crippen molar-refractivity contribution >= 4 is 11.6 Å². The zero-order valence-corrected chi connectivity index (χ0v) is 11.9. The first-order valence-corrected chi connectivity index (χ1v) is 6.90. The van der Waals surface area contributed by atoms with Gasteiger partial charge in [-0.2, -0.15) is 0 Å². The third kappa shape index (κ3) is 2.42. The molecule has 2 atom stereocenters. The Balaban J connectivity index is 2.30. The highest BCUT2D eigenvalue weighted by molar-refractivity contribution is 5.56. The van der Waals surface area contributed by atoms with E-state index in [0.717, 1.165) is 42.6 Å². The Hall–Kier alpha value is -1.32. The zero-order chi connectivity index (χ0) is 13.3. The molecule has 1 saturated heterocycles. The molecule has 4 heteroatoms. The number of hydrogen-bond acceptors (Lipinski definition) is 4. The average Bonchev–Trinajstić information content (AvgIpc) is 2.36. The van der Waals surface area contributed by atoms with E-state index in [9.17, 15) is 0 Å². The normalized spacial score (nSPS) is 24.3. The predicted molar refractivity (Wildman–Crippen MR) is 75.7 cm³/mol. The first-order chi connectivity index (χ1) is 8.52. The number of nitrogens with two attached hydrogens (primary N) is 1. The first-order valence-electron chi connectivity index (χ1n) is 6.90. The Morgan fingerprint density at radius 3 is 2.61 bits per heavy atom.